The molecule has 0 aliphatic carbocycles. The molecule has 0 spiro atoms. The van der Waals surface area contributed by atoms with E-state index < -0.39 is 0 Å². The Morgan fingerprint density at radius 2 is 1.74 bits per heavy atom. The molecule has 2 rings (SSSR count). The summed E-state index contributed by atoms with van der Waals surface area (Å²) in [5.74, 6) is -0.145. The van der Waals surface area contributed by atoms with Gasteiger partial charge in [-0.1, -0.05) is 53.0 Å². The van der Waals surface area contributed by atoms with Gasteiger partial charge < -0.3 is 10.6 Å². The summed E-state index contributed by atoms with van der Waals surface area (Å²) >= 11 is 18.2. The van der Waals surface area contributed by atoms with Gasteiger partial charge in [-0.2, -0.15) is 0 Å². The summed E-state index contributed by atoms with van der Waals surface area (Å²) in [4.78, 5) is 12.4. The van der Waals surface area contributed by atoms with Gasteiger partial charge in [0, 0.05) is 15.6 Å². The minimum Gasteiger partial charge on any atom is -0.330 e. The van der Waals surface area contributed by atoms with Crippen molar-refractivity contribution in [2.24, 2.45) is 0 Å². The fourth-order valence-corrected chi connectivity index (χ4v) is 2.95. The first-order valence-corrected chi connectivity index (χ1v) is 8.37. The van der Waals surface area contributed by atoms with Gasteiger partial charge in [-0.15, -0.1) is 0 Å². The van der Waals surface area contributed by atoms with Gasteiger partial charge in [0.25, 0.3) is 5.91 Å². The minimum absolute atomic E-state index is 0.0549. The number of carbonyl (C=O) groups excluding carboxylic acids is 1. The standard InChI is InChI=1S/C17H17Cl3N2O/c1-10(13-5-3-4-6-14(13)19)21-11(2)17(23)22-16-9-12(18)7-8-15(16)20/h3-11,21H,1-2H3,(H,22,23)/p+1/t10-,11+/m1/s1. The molecular formula is C17H18Cl3N2O+. The molecule has 0 radical (unpaired) electrons. The summed E-state index contributed by atoms with van der Waals surface area (Å²) in [5.41, 5.74) is 1.50. The molecule has 0 saturated carbocycles. The monoisotopic (exact) mass is 371 g/mol. The number of amides is 1. The van der Waals surface area contributed by atoms with E-state index in [9.17, 15) is 4.79 Å². The number of anilines is 1. The van der Waals surface area contributed by atoms with Gasteiger partial charge in [0.05, 0.1) is 10.7 Å². The highest BCUT2D eigenvalue weighted by molar-refractivity contribution is 6.35. The number of carbonyl (C=O) groups is 1. The average molecular weight is 373 g/mol. The van der Waals surface area contributed by atoms with Gasteiger partial charge in [0.2, 0.25) is 0 Å². The van der Waals surface area contributed by atoms with E-state index in [4.69, 9.17) is 34.8 Å². The van der Waals surface area contributed by atoms with Crippen LogP contribution in [0.5, 0.6) is 0 Å². The molecule has 2 aromatic carbocycles. The van der Waals surface area contributed by atoms with E-state index in [0.29, 0.717) is 20.8 Å². The number of nitrogens with two attached hydrogens (primary N) is 1. The van der Waals surface area contributed by atoms with E-state index in [1.165, 1.54) is 0 Å². The van der Waals surface area contributed by atoms with Crippen LogP contribution in [0.3, 0.4) is 0 Å². The SMILES string of the molecule is C[C@H]([NH2+][C@H](C)c1ccccc1Cl)C(=O)Nc1cc(Cl)ccc1Cl. The molecule has 0 aliphatic rings. The highest BCUT2D eigenvalue weighted by atomic mass is 35.5. The highest BCUT2D eigenvalue weighted by Crippen LogP contribution is 2.25. The van der Waals surface area contributed by atoms with Crippen LogP contribution in [-0.4, -0.2) is 11.9 Å². The smallest absolute Gasteiger partial charge is 0.282 e. The molecule has 6 heteroatoms. The topological polar surface area (TPSA) is 45.7 Å². The largest absolute Gasteiger partial charge is 0.330 e. The first-order chi connectivity index (χ1) is 10.9. The Balaban J connectivity index is 2.02. The molecule has 122 valence electrons. The molecule has 0 fully saturated rings. The number of benzene rings is 2. The maximum atomic E-state index is 12.4. The van der Waals surface area contributed by atoms with Crippen LogP contribution in [0.25, 0.3) is 0 Å². The van der Waals surface area contributed by atoms with Crippen molar-refractivity contribution in [3.8, 4) is 0 Å². The van der Waals surface area contributed by atoms with Crippen LogP contribution in [0.4, 0.5) is 5.69 Å². The molecule has 0 bridgehead atoms. The van der Waals surface area contributed by atoms with Crippen molar-refractivity contribution in [3.05, 3.63) is 63.1 Å². The van der Waals surface area contributed by atoms with E-state index in [-0.39, 0.29) is 18.0 Å². The highest BCUT2D eigenvalue weighted by Gasteiger charge is 2.22. The van der Waals surface area contributed by atoms with Gasteiger partial charge in [0.1, 0.15) is 6.04 Å². The quantitative estimate of drug-likeness (QED) is 0.807. The predicted molar refractivity (Wildman–Crippen MR) is 96.3 cm³/mol. The maximum Gasteiger partial charge on any atom is 0.282 e. The number of halogens is 3. The summed E-state index contributed by atoms with van der Waals surface area (Å²) < 4.78 is 0. The lowest BCUT2D eigenvalue weighted by Gasteiger charge is -2.18. The van der Waals surface area contributed by atoms with E-state index in [1.807, 2.05) is 43.4 Å². The third kappa shape index (κ3) is 4.85. The van der Waals surface area contributed by atoms with Gasteiger partial charge >= 0.3 is 0 Å². The number of hydrogen-bond acceptors (Lipinski definition) is 1. The fourth-order valence-electron chi connectivity index (χ4n) is 2.31. The lowest BCUT2D eigenvalue weighted by molar-refractivity contribution is -0.709. The van der Waals surface area contributed by atoms with Crippen LogP contribution in [0, 0.1) is 0 Å². The Morgan fingerprint density at radius 1 is 1.04 bits per heavy atom. The summed E-state index contributed by atoms with van der Waals surface area (Å²) in [6.45, 7) is 3.85. The zero-order valence-electron chi connectivity index (χ0n) is 12.8. The van der Waals surface area contributed by atoms with Crippen LogP contribution < -0.4 is 10.6 Å². The lowest BCUT2D eigenvalue weighted by atomic mass is 10.1. The molecule has 0 saturated heterocycles. The molecule has 0 heterocycles. The Morgan fingerprint density at radius 3 is 2.43 bits per heavy atom. The molecule has 0 unspecified atom stereocenters. The van der Waals surface area contributed by atoms with Crippen molar-refractivity contribution in [2.75, 3.05) is 5.32 Å². The normalized spacial score (nSPS) is 13.4. The molecule has 2 atom stereocenters. The second-order valence-corrected chi connectivity index (χ2v) is 6.66. The minimum atomic E-state index is -0.309. The van der Waals surface area contributed by atoms with Crippen molar-refractivity contribution in [2.45, 2.75) is 25.9 Å². The summed E-state index contributed by atoms with van der Waals surface area (Å²) in [6, 6.07) is 12.3. The first kappa shape index (κ1) is 18.1. The van der Waals surface area contributed by atoms with Gasteiger partial charge in [0.15, 0.2) is 6.04 Å². The predicted octanol–water partition coefficient (Wildman–Crippen LogP) is 4.30. The van der Waals surface area contributed by atoms with Crippen molar-refractivity contribution in [3.63, 3.8) is 0 Å². The van der Waals surface area contributed by atoms with Crippen molar-refractivity contribution in [1.82, 2.24) is 0 Å². The van der Waals surface area contributed by atoms with E-state index in [2.05, 4.69) is 5.32 Å². The molecule has 2 aromatic rings. The molecule has 0 aromatic heterocycles. The van der Waals surface area contributed by atoms with Crippen molar-refractivity contribution in [1.29, 1.82) is 0 Å². The zero-order chi connectivity index (χ0) is 17.0. The fraction of sp³-hybridized carbons (Fsp3) is 0.235. The zero-order valence-corrected chi connectivity index (χ0v) is 15.1. The van der Waals surface area contributed by atoms with E-state index in [0.717, 1.165) is 5.56 Å². The van der Waals surface area contributed by atoms with Crippen LogP contribution in [-0.2, 0) is 4.79 Å². The number of nitrogens with one attached hydrogen (secondary N) is 1. The van der Waals surface area contributed by atoms with E-state index >= 15 is 0 Å². The molecule has 0 aliphatic heterocycles. The van der Waals surface area contributed by atoms with Crippen LogP contribution >= 0.6 is 34.8 Å². The maximum absolute atomic E-state index is 12.4. The van der Waals surface area contributed by atoms with Crippen molar-refractivity contribution >= 4 is 46.4 Å². The van der Waals surface area contributed by atoms with Crippen LogP contribution in [0.1, 0.15) is 25.5 Å². The lowest BCUT2D eigenvalue weighted by Crippen LogP contribution is -2.91. The molecule has 3 N–H and O–H groups in total. The Kier molecular flexibility index (Phi) is 6.31. The summed E-state index contributed by atoms with van der Waals surface area (Å²) in [5, 5.41) is 6.42. The number of quaternary nitrogens is 1. The summed E-state index contributed by atoms with van der Waals surface area (Å²) in [6.07, 6.45) is 0. The second kappa shape index (κ2) is 8.02. The van der Waals surface area contributed by atoms with E-state index in [1.54, 1.807) is 18.2 Å². The third-order valence-electron chi connectivity index (χ3n) is 3.57. The van der Waals surface area contributed by atoms with Crippen molar-refractivity contribution < 1.29 is 10.1 Å². The van der Waals surface area contributed by atoms with Gasteiger partial charge in [-0.3, -0.25) is 4.79 Å². The number of rotatable bonds is 5. The Labute approximate surface area is 150 Å². The molecule has 1 amide bonds. The molecule has 23 heavy (non-hydrogen) atoms. The van der Waals surface area contributed by atoms with Crippen LogP contribution in [0.2, 0.25) is 15.1 Å². The second-order valence-electron chi connectivity index (χ2n) is 5.40. The number of hydrogen-bond donors (Lipinski definition) is 2. The Hall–Kier alpha value is -1.26. The van der Waals surface area contributed by atoms with Gasteiger partial charge in [-0.25, -0.2) is 0 Å². The van der Waals surface area contributed by atoms with Gasteiger partial charge in [-0.05, 0) is 38.1 Å². The van der Waals surface area contributed by atoms with Crippen LogP contribution in [0.15, 0.2) is 42.5 Å². The third-order valence-corrected chi connectivity index (χ3v) is 4.48. The average Bonchev–Trinajstić information content (AvgIpc) is 2.51. The molecule has 3 nitrogen and oxygen atoms in total. The first-order valence-electron chi connectivity index (χ1n) is 7.24. The summed E-state index contributed by atoms with van der Waals surface area (Å²) in [7, 11) is 0. The Bertz CT molecular complexity index is 706. The molecular weight excluding hydrogens is 355 g/mol.